The SMILES string of the molecule is NC(=O)c1ccc(Oc2ccc(C(=O)N3CCCC3c3nc4ccccc4[nH]3)cc2)cc1. The Kier molecular flexibility index (Phi) is 5.07. The van der Waals surface area contributed by atoms with Gasteiger partial charge in [0, 0.05) is 17.7 Å². The summed E-state index contributed by atoms with van der Waals surface area (Å²) in [6, 6.07) is 21.5. The zero-order chi connectivity index (χ0) is 22.1. The minimum atomic E-state index is -0.484. The summed E-state index contributed by atoms with van der Waals surface area (Å²) in [6.07, 6.45) is 1.82. The molecule has 2 heterocycles. The minimum absolute atomic E-state index is 0.0229. The van der Waals surface area contributed by atoms with Crippen molar-refractivity contribution < 1.29 is 14.3 Å². The van der Waals surface area contributed by atoms with Gasteiger partial charge in [0.2, 0.25) is 5.91 Å². The fourth-order valence-electron chi connectivity index (χ4n) is 4.08. The van der Waals surface area contributed by atoms with E-state index in [1.807, 2.05) is 29.2 Å². The number of imidazole rings is 1. The topological polar surface area (TPSA) is 101 Å². The van der Waals surface area contributed by atoms with E-state index >= 15 is 0 Å². The highest BCUT2D eigenvalue weighted by atomic mass is 16.5. The molecule has 32 heavy (non-hydrogen) atoms. The van der Waals surface area contributed by atoms with Gasteiger partial charge in [-0.1, -0.05) is 12.1 Å². The zero-order valence-corrected chi connectivity index (χ0v) is 17.3. The number of aromatic amines is 1. The van der Waals surface area contributed by atoms with Crippen LogP contribution in [0.5, 0.6) is 11.5 Å². The zero-order valence-electron chi connectivity index (χ0n) is 17.3. The smallest absolute Gasteiger partial charge is 0.254 e. The molecule has 3 aromatic carbocycles. The lowest BCUT2D eigenvalue weighted by molar-refractivity contribution is 0.0730. The van der Waals surface area contributed by atoms with Gasteiger partial charge >= 0.3 is 0 Å². The number of para-hydroxylation sites is 2. The molecule has 7 heteroatoms. The van der Waals surface area contributed by atoms with E-state index in [0.717, 1.165) is 29.7 Å². The number of H-pyrrole nitrogens is 1. The van der Waals surface area contributed by atoms with Crippen molar-refractivity contribution in [1.82, 2.24) is 14.9 Å². The van der Waals surface area contributed by atoms with Gasteiger partial charge in [-0.3, -0.25) is 9.59 Å². The molecule has 1 fully saturated rings. The largest absolute Gasteiger partial charge is 0.457 e. The molecule has 1 unspecified atom stereocenters. The normalized spacial score (nSPS) is 15.8. The summed E-state index contributed by atoms with van der Waals surface area (Å²) < 4.78 is 5.81. The van der Waals surface area contributed by atoms with Crippen LogP contribution in [0.1, 0.15) is 45.4 Å². The van der Waals surface area contributed by atoms with Gasteiger partial charge in [0.05, 0.1) is 17.1 Å². The Labute approximate surface area is 184 Å². The number of ether oxygens (including phenoxy) is 1. The number of benzene rings is 3. The Morgan fingerprint density at radius 1 is 0.938 bits per heavy atom. The van der Waals surface area contributed by atoms with Gasteiger partial charge in [-0.25, -0.2) is 4.98 Å². The van der Waals surface area contributed by atoms with Crippen molar-refractivity contribution in [3.63, 3.8) is 0 Å². The third-order valence-electron chi connectivity index (χ3n) is 5.71. The predicted molar refractivity (Wildman–Crippen MR) is 121 cm³/mol. The van der Waals surface area contributed by atoms with Crippen LogP contribution in [0.3, 0.4) is 0 Å². The lowest BCUT2D eigenvalue weighted by Crippen LogP contribution is -2.31. The third-order valence-corrected chi connectivity index (χ3v) is 5.71. The maximum atomic E-state index is 13.2. The number of amides is 2. The number of nitrogens with one attached hydrogen (secondary N) is 1. The van der Waals surface area contributed by atoms with Gasteiger partial charge < -0.3 is 20.4 Å². The number of carbonyl (C=O) groups excluding carboxylic acids is 2. The highest BCUT2D eigenvalue weighted by Gasteiger charge is 2.32. The second kappa shape index (κ2) is 8.19. The highest BCUT2D eigenvalue weighted by molar-refractivity contribution is 5.95. The Morgan fingerprint density at radius 2 is 1.59 bits per heavy atom. The van der Waals surface area contributed by atoms with Crippen LogP contribution in [0.4, 0.5) is 0 Å². The third kappa shape index (κ3) is 3.80. The van der Waals surface area contributed by atoms with E-state index in [2.05, 4.69) is 4.98 Å². The number of primary amides is 1. The first kappa shape index (κ1) is 19.8. The summed E-state index contributed by atoms with van der Waals surface area (Å²) >= 11 is 0. The quantitative estimate of drug-likeness (QED) is 0.493. The second-order valence-electron chi connectivity index (χ2n) is 7.81. The summed E-state index contributed by atoms with van der Waals surface area (Å²) in [4.78, 5) is 34.3. The first-order chi connectivity index (χ1) is 15.6. The van der Waals surface area contributed by atoms with Gasteiger partial charge in [0.25, 0.3) is 5.91 Å². The van der Waals surface area contributed by atoms with Crippen molar-refractivity contribution in [3.8, 4) is 11.5 Å². The van der Waals surface area contributed by atoms with E-state index in [0.29, 0.717) is 29.2 Å². The van der Waals surface area contributed by atoms with Crippen molar-refractivity contribution in [2.24, 2.45) is 5.73 Å². The summed E-state index contributed by atoms with van der Waals surface area (Å²) in [6.45, 7) is 0.699. The first-order valence-electron chi connectivity index (χ1n) is 10.5. The van der Waals surface area contributed by atoms with Crippen molar-refractivity contribution >= 4 is 22.8 Å². The molecule has 1 aliphatic heterocycles. The van der Waals surface area contributed by atoms with E-state index in [4.69, 9.17) is 15.5 Å². The molecule has 1 aliphatic rings. The summed E-state index contributed by atoms with van der Waals surface area (Å²) in [7, 11) is 0. The number of nitrogens with two attached hydrogens (primary N) is 1. The average Bonchev–Trinajstić information content (AvgIpc) is 3.46. The molecule has 1 aromatic heterocycles. The van der Waals surface area contributed by atoms with Gasteiger partial charge in [-0.15, -0.1) is 0 Å². The molecular formula is C25H22N4O3. The molecule has 0 aliphatic carbocycles. The van der Waals surface area contributed by atoms with Crippen molar-refractivity contribution in [2.45, 2.75) is 18.9 Å². The molecule has 0 saturated carbocycles. The number of fused-ring (bicyclic) bond motifs is 1. The van der Waals surface area contributed by atoms with E-state index in [-0.39, 0.29) is 11.9 Å². The first-order valence-corrected chi connectivity index (χ1v) is 10.5. The molecule has 7 nitrogen and oxygen atoms in total. The van der Waals surface area contributed by atoms with Crippen molar-refractivity contribution in [1.29, 1.82) is 0 Å². The Balaban J connectivity index is 1.31. The second-order valence-corrected chi connectivity index (χ2v) is 7.81. The molecule has 1 saturated heterocycles. The van der Waals surface area contributed by atoms with Gasteiger partial charge in [0.15, 0.2) is 0 Å². The monoisotopic (exact) mass is 426 g/mol. The van der Waals surface area contributed by atoms with Crippen LogP contribution >= 0.6 is 0 Å². The fraction of sp³-hybridized carbons (Fsp3) is 0.160. The maximum absolute atomic E-state index is 13.2. The molecule has 0 spiro atoms. The molecule has 4 aromatic rings. The Hall–Kier alpha value is -4.13. The Morgan fingerprint density at radius 3 is 2.25 bits per heavy atom. The van der Waals surface area contributed by atoms with Crippen LogP contribution in [0, 0.1) is 0 Å². The molecule has 0 bridgehead atoms. The number of rotatable bonds is 5. The molecule has 3 N–H and O–H groups in total. The molecule has 160 valence electrons. The number of hydrogen-bond acceptors (Lipinski definition) is 4. The fourth-order valence-corrected chi connectivity index (χ4v) is 4.08. The minimum Gasteiger partial charge on any atom is -0.457 e. The highest BCUT2D eigenvalue weighted by Crippen LogP contribution is 2.33. The number of likely N-dealkylation sites (tertiary alicyclic amines) is 1. The molecule has 1 atom stereocenters. The van der Waals surface area contributed by atoms with E-state index in [1.165, 1.54) is 0 Å². The average molecular weight is 426 g/mol. The Bertz CT molecular complexity index is 1250. The lowest BCUT2D eigenvalue weighted by atomic mass is 10.1. The standard InChI is InChI=1S/C25H22N4O3/c26-23(30)16-7-11-18(12-8-16)32-19-13-9-17(10-14-19)25(31)29-15-3-6-22(29)24-27-20-4-1-2-5-21(20)28-24/h1-2,4-5,7-14,22H,3,6,15H2,(H2,26,30)(H,27,28). The summed E-state index contributed by atoms with van der Waals surface area (Å²) in [5, 5.41) is 0. The summed E-state index contributed by atoms with van der Waals surface area (Å²) in [5.74, 6) is 1.51. The molecule has 0 radical (unpaired) electrons. The lowest BCUT2D eigenvalue weighted by Gasteiger charge is -2.23. The molecular weight excluding hydrogens is 404 g/mol. The molecule has 2 amide bonds. The van der Waals surface area contributed by atoms with Crippen LogP contribution < -0.4 is 10.5 Å². The van der Waals surface area contributed by atoms with E-state index in [1.54, 1.807) is 48.5 Å². The van der Waals surface area contributed by atoms with Gasteiger partial charge in [-0.05, 0) is 73.5 Å². The van der Waals surface area contributed by atoms with Crippen LogP contribution in [-0.4, -0.2) is 33.2 Å². The van der Waals surface area contributed by atoms with Gasteiger partial charge in [0.1, 0.15) is 17.3 Å². The number of nitrogens with zero attached hydrogens (tertiary/aromatic N) is 2. The summed E-state index contributed by atoms with van der Waals surface area (Å²) in [5.41, 5.74) is 8.17. The van der Waals surface area contributed by atoms with Crippen LogP contribution in [0.2, 0.25) is 0 Å². The van der Waals surface area contributed by atoms with Crippen molar-refractivity contribution in [2.75, 3.05) is 6.54 Å². The number of aromatic nitrogens is 2. The van der Waals surface area contributed by atoms with Crippen LogP contribution in [0.15, 0.2) is 72.8 Å². The van der Waals surface area contributed by atoms with Crippen molar-refractivity contribution in [3.05, 3.63) is 89.7 Å². The van der Waals surface area contributed by atoms with Gasteiger partial charge in [-0.2, -0.15) is 0 Å². The van der Waals surface area contributed by atoms with E-state index < -0.39 is 5.91 Å². The predicted octanol–water partition coefficient (Wildman–Crippen LogP) is 4.43. The number of carbonyl (C=O) groups is 2. The number of hydrogen-bond donors (Lipinski definition) is 2. The molecule has 5 rings (SSSR count). The van der Waals surface area contributed by atoms with E-state index in [9.17, 15) is 9.59 Å². The maximum Gasteiger partial charge on any atom is 0.254 e. The van der Waals surface area contributed by atoms with Crippen LogP contribution in [-0.2, 0) is 0 Å². The van der Waals surface area contributed by atoms with Crippen LogP contribution in [0.25, 0.3) is 11.0 Å².